The molecule has 0 saturated carbocycles. The maximum Gasteiger partial charge on any atom is 0.330 e. The summed E-state index contributed by atoms with van der Waals surface area (Å²) in [7, 11) is 1.83. The molecule has 0 bridgehead atoms. The van der Waals surface area contributed by atoms with E-state index in [2.05, 4.69) is 17.0 Å². The highest BCUT2D eigenvalue weighted by molar-refractivity contribution is 5.76. The van der Waals surface area contributed by atoms with E-state index in [1.54, 1.807) is 10.9 Å². The zero-order valence-electron chi connectivity index (χ0n) is 15.9. The van der Waals surface area contributed by atoms with Crippen LogP contribution >= 0.6 is 0 Å². The van der Waals surface area contributed by atoms with E-state index in [0.29, 0.717) is 30.1 Å². The second-order valence-electron chi connectivity index (χ2n) is 6.85. The van der Waals surface area contributed by atoms with Crippen molar-refractivity contribution >= 4 is 11.2 Å². The molecule has 0 atom stereocenters. The van der Waals surface area contributed by atoms with Crippen molar-refractivity contribution in [2.24, 2.45) is 7.05 Å². The SMILES string of the molecule is CCCCn1c(-c2cnn(C)c2)nc2c1c(=O)[nH]c(=O)n2Cc1ccccc1. The Balaban J connectivity index is 1.97. The number of H-pyrrole nitrogens is 1. The first-order chi connectivity index (χ1) is 13.6. The molecule has 3 aromatic heterocycles. The first kappa shape index (κ1) is 18.0. The van der Waals surface area contributed by atoms with Gasteiger partial charge in [0.05, 0.1) is 18.3 Å². The number of aryl methyl sites for hydroxylation is 2. The average Bonchev–Trinajstić information content (AvgIpc) is 3.28. The van der Waals surface area contributed by atoms with Crippen molar-refractivity contribution in [3.8, 4) is 11.4 Å². The molecule has 4 rings (SSSR count). The Morgan fingerprint density at radius 3 is 2.57 bits per heavy atom. The molecule has 0 saturated heterocycles. The first-order valence-corrected chi connectivity index (χ1v) is 9.34. The van der Waals surface area contributed by atoms with Gasteiger partial charge in [-0.05, 0) is 12.0 Å². The summed E-state index contributed by atoms with van der Waals surface area (Å²) in [5.41, 5.74) is 1.72. The van der Waals surface area contributed by atoms with E-state index in [0.717, 1.165) is 24.0 Å². The fraction of sp³-hybridized carbons (Fsp3) is 0.300. The van der Waals surface area contributed by atoms with Crippen LogP contribution in [-0.4, -0.2) is 28.9 Å². The predicted molar refractivity (Wildman–Crippen MR) is 107 cm³/mol. The van der Waals surface area contributed by atoms with Gasteiger partial charge in [0.2, 0.25) is 0 Å². The van der Waals surface area contributed by atoms with Gasteiger partial charge in [0.25, 0.3) is 5.56 Å². The first-order valence-electron chi connectivity index (χ1n) is 9.34. The van der Waals surface area contributed by atoms with Crippen LogP contribution in [0.15, 0.2) is 52.3 Å². The number of nitrogens with one attached hydrogen (secondary N) is 1. The van der Waals surface area contributed by atoms with E-state index in [4.69, 9.17) is 4.98 Å². The van der Waals surface area contributed by atoms with E-state index in [1.165, 1.54) is 4.57 Å². The van der Waals surface area contributed by atoms with E-state index >= 15 is 0 Å². The number of hydrogen-bond donors (Lipinski definition) is 1. The zero-order valence-corrected chi connectivity index (χ0v) is 15.9. The molecule has 0 spiro atoms. The molecular formula is C20H22N6O2. The van der Waals surface area contributed by atoms with Gasteiger partial charge in [-0.15, -0.1) is 0 Å². The van der Waals surface area contributed by atoms with E-state index in [9.17, 15) is 9.59 Å². The van der Waals surface area contributed by atoms with Gasteiger partial charge in [0.1, 0.15) is 5.82 Å². The topological polar surface area (TPSA) is 90.5 Å². The summed E-state index contributed by atoms with van der Waals surface area (Å²) < 4.78 is 5.12. The summed E-state index contributed by atoms with van der Waals surface area (Å²) in [6, 6.07) is 9.65. The Morgan fingerprint density at radius 2 is 1.89 bits per heavy atom. The molecule has 0 fully saturated rings. The van der Waals surface area contributed by atoms with E-state index < -0.39 is 11.2 Å². The van der Waals surface area contributed by atoms with Gasteiger partial charge in [0, 0.05) is 19.8 Å². The minimum absolute atomic E-state index is 0.338. The van der Waals surface area contributed by atoms with Crippen molar-refractivity contribution in [1.82, 2.24) is 28.9 Å². The molecule has 0 aliphatic rings. The third-order valence-corrected chi connectivity index (χ3v) is 4.77. The molecule has 0 radical (unpaired) electrons. The highest BCUT2D eigenvalue weighted by atomic mass is 16.2. The number of aromatic nitrogens is 6. The maximum atomic E-state index is 12.7. The molecule has 28 heavy (non-hydrogen) atoms. The Kier molecular flexibility index (Phi) is 4.68. The van der Waals surface area contributed by atoms with Gasteiger partial charge in [-0.2, -0.15) is 5.10 Å². The standard InChI is InChI=1S/C20H22N6O2/c1-3-4-10-25-16-18(22-17(25)15-11-21-24(2)13-15)26(20(28)23-19(16)27)12-14-8-6-5-7-9-14/h5-9,11,13H,3-4,10,12H2,1-2H3,(H,23,27,28). The van der Waals surface area contributed by atoms with Gasteiger partial charge in [-0.25, -0.2) is 9.78 Å². The van der Waals surface area contributed by atoms with Gasteiger partial charge in [-0.3, -0.25) is 19.0 Å². The van der Waals surface area contributed by atoms with Crippen LogP contribution < -0.4 is 11.2 Å². The smallest absolute Gasteiger partial charge is 0.318 e. The van der Waals surface area contributed by atoms with Gasteiger partial charge >= 0.3 is 5.69 Å². The lowest BCUT2D eigenvalue weighted by molar-refractivity contribution is 0.648. The van der Waals surface area contributed by atoms with Crippen LogP contribution in [-0.2, 0) is 20.1 Å². The Hall–Kier alpha value is -3.42. The fourth-order valence-corrected chi connectivity index (χ4v) is 3.38. The molecule has 0 amide bonds. The lowest BCUT2D eigenvalue weighted by Crippen LogP contribution is -2.31. The highest BCUT2D eigenvalue weighted by Gasteiger charge is 2.20. The summed E-state index contributed by atoms with van der Waals surface area (Å²) in [6.45, 7) is 3.08. The van der Waals surface area contributed by atoms with Crippen LogP contribution in [0.3, 0.4) is 0 Å². The normalized spacial score (nSPS) is 11.4. The van der Waals surface area contributed by atoms with E-state index in [-0.39, 0.29) is 0 Å². The zero-order chi connectivity index (χ0) is 19.7. The lowest BCUT2D eigenvalue weighted by atomic mass is 10.2. The number of benzene rings is 1. The summed E-state index contributed by atoms with van der Waals surface area (Å²) in [6.07, 6.45) is 5.46. The molecule has 1 N–H and O–H groups in total. The van der Waals surface area contributed by atoms with Crippen molar-refractivity contribution < 1.29 is 0 Å². The van der Waals surface area contributed by atoms with E-state index in [1.807, 2.05) is 48.1 Å². The molecule has 0 aliphatic carbocycles. The van der Waals surface area contributed by atoms with Crippen LogP contribution in [0.25, 0.3) is 22.6 Å². The van der Waals surface area contributed by atoms with Crippen LogP contribution in [0.4, 0.5) is 0 Å². The Morgan fingerprint density at radius 1 is 1.11 bits per heavy atom. The van der Waals surface area contributed by atoms with Crippen molar-refractivity contribution in [3.05, 3.63) is 69.1 Å². The molecule has 4 aromatic rings. The van der Waals surface area contributed by atoms with Gasteiger partial charge < -0.3 is 4.57 Å². The molecule has 8 heteroatoms. The third-order valence-electron chi connectivity index (χ3n) is 4.77. The lowest BCUT2D eigenvalue weighted by Gasteiger charge is -2.08. The molecule has 1 aromatic carbocycles. The van der Waals surface area contributed by atoms with Crippen molar-refractivity contribution in [2.45, 2.75) is 32.9 Å². The maximum absolute atomic E-state index is 12.7. The van der Waals surface area contributed by atoms with Crippen LogP contribution in [0.1, 0.15) is 25.3 Å². The molecule has 0 aliphatic heterocycles. The van der Waals surface area contributed by atoms with Crippen LogP contribution in [0.5, 0.6) is 0 Å². The number of unbranched alkanes of at least 4 members (excludes halogenated alkanes) is 1. The second-order valence-corrected chi connectivity index (χ2v) is 6.85. The van der Waals surface area contributed by atoms with Crippen LogP contribution in [0, 0.1) is 0 Å². The number of imidazole rings is 1. The second kappa shape index (κ2) is 7.30. The summed E-state index contributed by atoms with van der Waals surface area (Å²) in [4.78, 5) is 32.4. The Labute approximate surface area is 161 Å². The number of aromatic amines is 1. The fourth-order valence-electron chi connectivity index (χ4n) is 3.38. The monoisotopic (exact) mass is 378 g/mol. The van der Waals surface area contributed by atoms with Gasteiger partial charge in [0.15, 0.2) is 11.2 Å². The molecule has 8 nitrogen and oxygen atoms in total. The average molecular weight is 378 g/mol. The molecule has 144 valence electrons. The quantitative estimate of drug-likeness (QED) is 0.556. The van der Waals surface area contributed by atoms with Crippen LogP contribution in [0.2, 0.25) is 0 Å². The largest absolute Gasteiger partial charge is 0.330 e. The van der Waals surface area contributed by atoms with Gasteiger partial charge in [-0.1, -0.05) is 43.7 Å². The summed E-state index contributed by atoms with van der Waals surface area (Å²) in [5, 5.41) is 4.22. The minimum atomic E-state index is -0.459. The highest BCUT2D eigenvalue weighted by Crippen LogP contribution is 2.23. The molecule has 3 heterocycles. The number of fused-ring (bicyclic) bond motifs is 1. The number of nitrogens with zero attached hydrogens (tertiary/aromatic N) is 5. The number of hydrogen-bond acceptors (Lipinski definition) is 4. The van der Waals surface area contributed by atoms with Crippen molar-refractivity contribution in [1.29, 1.82) is 0 Å². The third kappa shape index (κ3) is 3.17. The Bertz CT molecular complexity index is 1230. The summed E-state index contributed by atoms with van der Waals surface area (Å²) >= 11 is 0. The molecule has 0 unspecified atom stereocenters. The minimum Gasteiger partial charge on any atom is -0.318 e. The summed E-state index contributed by atoms with van der Waals surface area (Å²) in [5.74, 6) is 0.648. The van der Waals surface area contributed by atoms with Crippen molar-refractivity contribution in [2.75, 3.05) is 0 Å². The predicted octanol–water partition coefficient (Wildman–Crippen LogP) is 2.14. The number of rotatable bonds is 6. The molecular weight excluding hydrogens is 356 g/mol. The van der Waals surface area contributed by atoms with Crippen molar-refractivity contribution in [3.63, 3.8) is 0 Å².